The summed E-state index contributed by atoms with van der Waals surface area (Å²) in [7, 11) is 0. The average Bonchev–Trinajstić information content (AvgIpc) is 2.34. The predicted molar refractivity (Wildman–Crippen MR) is 69.8 cm³/mol. The fourth-order valence-electron chi connectivity index (χ4n) is 1.57. The van der Waals surface area contributed by atoms with Crippen molar-refractivity contribution in [2.45, 2.75) is 45.6 Å². The van der Waals surface area contributed by atoms with Crippen LogP contribution in [0.5, 0.6) is 0 Å². The molecule has 0 fully saturated rings. The monoisotopic (exact) mass is 235 g/mol. The second-order valence-corrected chi connectivity index (χ2v) is 4.18. The summed E-state index contributed by atoms with van der Waals surface area (Å²) in [6.07, 6.45) is 3.75. The van der Waals surface area contributed by atoms with Gasteiger partial charge in [0.15, 0.2) is 5.78 Å². The first-order valence-electron chi connectivity index (χ1n) is 6.21. The van der Waals surface area contributed by atoms with Gasteiger partial charge in [0.25, 0.3) is 0 Å². The summed E-state index contributed by atoms with van der Waals surface area (Å²) < 4.78 is 0. The molecule has 0 aliphatic carbocycles. The highest BCUT2D eigenvalue weighted by Crippen LogP contribution is 2.11. The molecule has 0 saturated heterocycles. The molecule has 1 atom stereocenters. The molecule has 3 heteroatoms. The Hall–Kier alpha value is -1.35. The van der Waals surface area contributed by atoms with Gasteiger partial charge < -0.3 is 0 Å². The van der Waals surface area contributed by atoms with Crippen LogP contribution in [0.15, 0.2) is 30.3 Å². The quantitative estimate of drug-likeness (QED) is 0.553. The van der Waals surface area contributed by atoms with Crippen LogP contribution in [0, 0.1) is 0 Å². The van der Waals surface area contributed by atoms with Gasteiger partial charge in [-0.3, -0.25) is 15.1 Å². The summed E-state index contributed by atoms with van der Waals surface area (Å²) in [5.41, 5.74) is 3.70. The lowest BCUT2D eigenvalue weighted by molar-refractivity contribution is -0.127. The lowest BCUT2D eigenvalue weighted by atomic mass is 10.1. The summed E-state index contributed by atoms with van der Waals surface area (Å²) in [5, 5.41) is 0. The highest BCUT2D eigenvalue weighted by atomic mass is 16.7. The lowest BCUT2D eigenvalue weighted by Gasteiger charge is -2.15. The van der Waals surface area contributed by atoms with E-state index in [1.54, 1.807) is 6.92 Å². The van der Waals surface area contributed by atoms with E-state index >= 15 is 0 Å². The largest absolute Gasteiger partial charge is 0.297 e. The number of carbonyl (C=O) groups is 1. The van der Waals surface area contributed by atoms with Gasteiger partial charge >= 0.3 is 0 Å². The maximum absolute atomic E-state index is 11.4. The van der Waals surface area contributed by atoms with Crippen LogP contribution in [-0.2, 0) is 9.63 Å². The molecule has 0 radical (unpaired) electrons. The van der Waals surface area contributed by atoms with Crippen LogP contribution in [0.1, 0.15) is 39.5 Å². The minimum Gasteiger partial charge on any atom is -0.297 e. The van der Waals surface area contributed by atoms with Gasteiger partial charge in [0.05, 0.1) is 5.69 Å². The number of benzene rings is 1. The van der Waals surface area contributed by atoms with E-state index < -0.39 is 0 Å². The van der Waals surface area contributed by atoms with Crippen molar-refractivity contribution < 1.29 is 9.63 Å². The van der Waals surface area contributed by atoms with E-state index in [-0.39, 0.29) is 11.9 Å². The number of para-hydroxylation sites is 1. The van der Waals surface area contributed by atoms with Crippen LogP contribution in [0.4, 0.5) is 5.69 Å². The number of nitrogens with one attached hydrogen (secondary N) is 1. The van der Waals surface area contributed by atoms with Gasteiger partial charge in [-0.25, -0.2) is 0 Å². The maximum atomic E-state index is 11.4. The van der Waals surface area contributed by atoms with Gasteiger partial charge in [-0.1, -0.05) is 44.4 Å². The third kappa shape index (κ3) is 5.50. The summed E-state index contributed by atoms with van der Waals surface area (Å²) in [6.45, 7) is 3.72. The molecule has 0 unspecified atom stereocenters. The molecule has 0 spiro atoms. The second-order valence-electron chi connectivity index (χ2n) is 4.18. The molecule has 0 amide bonds. The average molecular weight is 235 g/mol. The molecule has 0 saturated carbocycles. The number of unbranched alkanes of at least 4 members (excludes halogenated alkanes) is 2. The summed E-state index contributed by atoms with van der Waals surface area (Å²) in [4.78, 5) is 16.8. The molecule has 3 nitrogen and oxygen atoms in total. The van der Waals surface area contributed by atoms with Crippen molar-refractivity contribution in [2.24, 2.45) is 0 Å². The van der Waals surface area contributed by atoms with Gasteiger partial charge in [-0.2, -0.15) is 0 Å². The van der Waals surface area contributed by atoms with Crippen LogP contribution in [-0.4, -0.2) is 11.9 Å². The summed E-state index contributed by atoms with van der Waals surface area (Å²) in [6, 6.07) is 9.60. The Kier molecular flexibility index (Phi) is 6.33. The Balaban J connectivity index is 2.36. The van der Waals surface area contributed by atoms with Crippen molar-refractivity contribution in [3.63, 3.8) is 0 Å². The number of anilines is 1. The molecule has 1 aromatic rings. The maximum Gasteiger partial charge on any atom is 0.161 e. The van der Waals surface area contributed by atoms with Crippen molar-refractivity contribution in [2.75, 3.05) is 5.48 Å². The number of rotatable bonds is 8. The van der Waals surface area contributed by atoms with Crippen molar-refractivity contribution in [1.29, 1.82) is 0 Å². The van der Waals surface area contributed by atoms with Crippen LogP contribution in [0.2, 0.25) is 0 Å². The standard InChI is InChI=1S/C14H21NO2/c1-3-4-6-11-14(12(2)16)17-15-13-9-7-5-8-10-13/h5,7-10,14-15H,3-4,6,11H2,1-2H3/t14-/m1/s1. The van der Waals surface area contributed by atoms with Gasteiger partial charge in [-0.05, 0) is 25.5 Å². The Morgan fingerprint density at radius 2 is 2.00 bits per heavy atom. The minimum atomic E-state index is -0.346. The topological polar surface area (TPSA) is 38.3 Å². The zero-order chi connectivity index (χ0) is 12.5. The number of hydrogen-bond donors (Lipinski definition) is 1. The van der Waals surface area contributed by atoms with Gasteiger partial charge in [0.1, 0.15) is 6.10 Å². The molecular formula is C14H21NO2. The fraction of sp³-hybridized carbons (Fsp3) is 0.500. The SMILES string of the molecule is CCCCC[C@@H](ONc1ccccc1)C(C)=O. The lowest BCUT2D eigenvalue weighted by Crippen LogP contribution is -2.24. The zero-order valence-corrected chi connectivity index (χ0v) is 10.6. The van der Waals surface area contributed by atoms with E-state index in [9.17, 15) is 4.79 Å². The highest BCUT2D eigenvalue weighted by Gasteiger charge is 2.14. The van der Waals surface area contributed by atoms with E-state index in [1.165, 1.54) is 0 Å². The molecular weight excluding hydrogens is 214 g/mol. The fourth-order valence-corrected chi connectivity index (χ4v) is 1.57. The van der Waals surface area contributed by atoms with Crippen LogP contribution >= 0.6 is 0 Å². The Morgan fingerprint density at radius 3 is 2.59 bits per heavy atom. The number of carbonyl (C=O) groups excluding carboxylic acids is 1. The number of hydrogen-bond acceptors (Lipinski definition) is 3. The first-order valence-corrected chi connectivity index (χ1v) is 6.21. The smallest absolute Gasteiger partial charge is 0.161 e. The molecule has 1 rings (SSSR count). The van der Waals surface area contributed by atoms with Crippen LogP contribution < -0.4 is 5.48 Å². The number of Topliss-reactive ketones (excluding diaryl/α,β-unsaturated/α-hetero) is 1. The number of ketones is 1. The molecule has 0 aliphatic heterocycles. The summed E-state index contributed by atoms with van der Waals surface area (Å²) >= 11 is 0. The predicted octanol–water partition coefficient (Wildman–Crippen LogP) is 3.57. The minimum absolute atomic E-state index is 0.0736. The van der Waals surface area contributed by atoms with Crippen molar-refractivity contribution >= 4 is 11.5 Å². The van der Waals surface area contributed by atoms with E-state index in [2.05, 4.69) is 12.4 Å². The summed E-state index contributed by atoms with van der Waals surface area (Å²) in [5.74, 6) is 0.0736. The third-order valence-corrected chi connectivity index (χ3v) is 2.62. The Bertz CT molecular complexity index is 324. The molecule has 0 heterocycles. The highest BCUT2D eigenvalue weighted by molar-refractivity contribution is 5.80. The first-order chi connectivity index (χ1) is 8.24. The second kappa shape index (κ2) is 7.85. The molecule has 17 heavy (non-hydrogen) atoms. The van der Waals surface area contributed by atoms with Crippen LogP contribution in [0.3, 0.4) is 0 Å². The van der Waals surface area contributed by atoms with Crippen molar-refractivity contribution in [3.8, 4) is 0 Å². The molecule has 1 N–H and O–H groups in total. The van der Waals surface area contributed by atoms with E-state index in [0.717, 1.165) is 31.4 Å². The van der Waals surface area contributed by atoms with Gasteiger partial charge in [-0.15, -0.1) is 0 Å². The van der Waals surface area contributed by atoms with E-state index in [0.29, 0.717) is 0 Å². The molecule has 0 aromatic heterocycles. The molecule has 0 aliphatic rings. The molecule has 1 aromatic carbocycles. The zero-order valence-electron chi connectivity index (χ0n) is 10.6. The normalized spacial score (nSPS) is 12.1. The Labute approximate surface area is 103 Å². The molecule has 0 bridgehead atoms. The van der Waals surface area contributed by atoms with Crippen LogP contribution in [0.25, 0.3) is 0 Å². The first kappa shape index (κ1) is 13.7. The van der Waals surface area contributed by atoms with Gasteiger partial charge in [0, 0.05) is 0 Å². The Morgan fingerprint density at radius 1 is 1.29 bits per heavy atom. The van der Waals surface area contributed by atoms with E-state index in [4.69, 9.17) is 4.84 Å². The van der Waals surface area contributed by atoms with Crippen molar-refractivity contribution in [3.05, 3.63) is 30.3 Å². The third-order valence-electron chi connectivity index (χ3n) is 2.62. The van der Waals surface area contributed by atoms with E-state index in [1.807, 2.05) is 30.3 Å². The van der Waals surface area contributed by atoms with Gasteiger partial charge in [0.2, 0.25) is 0 Å². The molecule has 94 valence electrons. The van der Waals surface area contributed by atoms with Crippen molar-refractivity contribution in [1.82, 2.24) is 0 Å².